The van der Waals surface area contributed by atoms with Gasteiger partial charge in [0.2, 0.25) is 0 Å². The van der Waals surface area contributed by atoms with Crippen LogP contribution in [0.15, 0.2) is 52.1 Å². The van der Waals surface area contributed by atoms with E-state index in [1.807, 2.05) is 18.2 Å². The van der Waals surface area contributed by atoms with Gasteiger partial charge < -0.3 is 0 Å². The number of allylic oxidation sites excluding steroid dienone is 1. The van der Waals surface area contributed by atoms with E-state index in [1.165, 1.54) is 13.4 Å². The Balaban J connectivity index is 1.97. The van der Waals surface area contributed by atoms with Crippen LogP contribution in [0.4, 0.5) is 0 Å². The summed E-state index contributed by atoms with van der Waals surface area (Å²) in [4.78, 5) is 0. The molecule has 2 nitrogen and oxygen atoms in total. The van der Waals surface area contributed by atoms with Crippen molar-refractivity contribution in [3.05, 3.63) is 57.7 Å². The van der Waals surface area contributed by atoms with Gasteiger partial charge in [-0.25, -0.2) is 0 Å². The van der Waals surface area contributed by atoms with E-state index in [1.54, 1.807) is 14.2 Å². The summed E-state index contributed by atoms with van der Waals surface area (Å²) in [6, 6.07) is 16.6. The van der Waals surface area contributed by atoms with Crippen LogP contribution in [0.25, 0.3) is 6.08 Å². The molecule has 0 saturated carbocycles. The Kier molecular flexibility index (Phi) is 7.30. The zero-order chi connectivity index (χ0) is 15.8. The van der Waals surface area contributed by atoms with Crippen LogP contribution in [0.1, 0.15) is 12.0 Å². The maximum atomic E-state index is 5.44. The average Bonchev–Trinajstić information content (AvgIpc) is 2.56. The Morgan fingerprint density at radius 1 is 1.09 bits per heavy atom. The van der Waals surface area contributed by atoms with Gasteiger partial charge in [-0.05, 0) is 0 Å². The molecular formula is C18H19IO2Se. The van der Waals surface area contributed by atoms with Gasteiger partial charge in [0, 0.05) is 0 Å². The van der Waals surface area contributed by atoms with Crippen LogP contribution in [0, 0.1) is 0 Å². The number of rotatable bonds is 7. The normalized spacial score (nSPS) is 11.3. The Bertz CT molecular complexity index is 626. The van der Waals surface area contributed by atoms with Crippen molar-refractivity contribution < 1.29 is 9.47 Å². The van der Waals surface area contributed by atoms with Gasteiger partial charge in [-0.15, -0.1) is 0 Å². The molecule has 0 atom stereocenters. The molecule has 0 amide bonds. The Hall–Kier alpha value is -0.971. The van der Waals surface area contributed by atoms with Gasteiger partial charge in [0.15, 0.2) is 0 Å². The quantitative estimate of drug-likeness (QED) is 0.441. The first-order chi connectivity index (χ1) is 10.7. The molecule has 22 heavy (non-hydrogen) atoms. The van der Waals surface area contributed by atoms with Gasteiger partial charge in [0.1, 0.15) is 0 Å². The molecule has 0 radical (unpaired) electrons. The summed E-state index contributed by atoms with van der Waals surface area (Å²) in [7, 11) is 3.36. The van der Waals surface area contributed by atoms with Crippen LogP contribution in [0.5, 0.6) is 11.5 Å². The molecular weight excluding hydrogens is 454 g/mol. The third-order valence-electron chi connectivity index (χ3n) is 3.11. The summed E-state index contributed by atoms with van der Waals surface area (Å²) in [6.07, 6.45) is 3.30. The fraction of sp³-hybridized carbons (Fsp3) is 0.222. The minimum atomic E-state index is 0.537. The van der Waals surface area contributed by atoms with Crippen LogP contribution in [0.2, 0.25) is 5.32 Å². The molecule has 2 rings (SSSR count). The Morgan fingerprint density at radius 3 is 2.55 bits per heavy atom. The number of hydrogen-bond donors (Lipinski definition) is 0. The predicted octanol–water partition coefficient (Wildman–Crippen LogP) is 4.32. The van der Waals surface area contributed by atoms with Crippen molar-refractivity contribution in [1.29, 1.82) is 0 Å². The third kappa shape index (κ3) is 5.34. The summed E-state index contributed by atoms with van der Waals surface area (Å²) in [5.74, 6) is 1.67. The first-order valence-electron chi connectivity index (χ1n) is 6.99. The number of benzene rings is 2. The molecule has 0 aliphatic carbocycles. The topological polar surface area (TPSA) is 18.5 Å². The molecule has 0 spiro atoms. The monoisotopic (exact) mass is 474 g/mol. The molecule has 0 saturated heterocycles. The number of hydrogen-bond acceptors (Lipinski definition) is 2. The van der Waals surface area contributed by atoms with Crippen molar-refractivity contribution in [2.75, 3.05) is 14.2 Å². The molecule has 0 N–H and O–H groups in total. The van der Waals surface area contributed by atoms with Crippen LogP contribution < -0.4 is 13.9 Å². The Labute approximate surface area is 152 Å². The van der Waals surface area contributed by atoms with Gasteiger partial charge >= 0.3 is 153 Å². The third-order valence-corrected chi connectivity index (χ3v) is 6.08. The van der Waals surface area contributed by atoms with Gasteiger partial charge in [-0.3, -0.25) is 0 Å². The van der Waals surface area contributed by atoms with E-state index in [4.69, 9.17) is 9.47 Å². The van der Waals surface area contributed by atoms with E-state index in [0.717, 1.165) is 23.5 Å². The molecule has 0 heterocycles. The number of halogens is 1. The van der Waals surface area contributed by atoms with Gasteiger partial charge in [-0.1, -0.05) is 0 Å². The summed E-state index contributed by atoms with van der Waals surface area (Å²) >= 11 is 2.96. The fourth-order valence-corrected chi connectivity index (χ4v) is 5.29. The minimum absolute atomic E-state index is 0.537. The average molecular weight is 473 g/mol. The van der Waals surface area contributed by atoms with Crippen molar-refractivity contribution in [1.82, 2.24) is 0 Å². The van der Waals surface area contributed by atoms with Gasteiger partial charge in [0.25, 0.3) is 0 Å². The van der Waals surface area contributed by atoms with E-state index in [2.05, 4.69) is 59.0 Å². The molecule has 0 aliphatic rings. The Morgan fingerprint density at radius 2 is 1.86 bits per heavy atom. The summed E-state index contributed by atoms with van der Waals surface area (Å²) < 4.78 is 13.5. The molecule has 0 aliphatic heterocycles. The van der Waals surface area contributed by atoms with E-state index in [9.17, 15) is 0 Å². The number of methoxy groups -OCH3 is 2. The standard InChI is InChI=1S/C18H19IO2Se/c1-20-16-9-8-14(18(13-16)21-2)12-15(19)10-11-22-17-6-4-3-5-7-17/h3-9,12-13H,10-11H2,1-2H3/b15-12-. The maximum absolute atomic E-state index is 5.44. The van der Waals surface area contributed by atoms with Crippen LogP contribution in [0.3, 0.4) is 0 Å². The van der Waals surface area contributed by atoms with Gasteiger partial charge in [0.05, 0.1) is 0 Å². The first kappa shape index (κ1) is 17.4. The van der Waals surface area contributed by atoms with E-state index < -0.39 is 0 Å². The zero-order valence-corrected chi connectivity index (χ0v) is 16.6. The van der Waals surface area contributed by atoms with Crippen molar-refractivity contribution in [3.8, 4) is 11.5 Å². The van der Waals surface area contributed by atoms with Crippen molar-refractivity contribution in [2.24, 2.45) is 0 Å². The van der Waals surface area contributed by atoms with Crippen molar-refractivity contribution in [3.63, 3.8) is 0 Å². The first-order valence-corrected chi connectivity index (χ1v) is 10.1. The predicted molar refractivity (Wildman–Crippen MR) is 103 cm³/mol. The molecule has 0 fully saturated rings. The second kappa shape index (κ2) is 9.23. The molecule has 0 aromatic heterocycles. The van der Waals surface area contributed by atoms with E-state index in [-0.39, 0.29) is 0 Å². The second-order valence-electron chi connectivity index (χ2n) is 4.61. The molecule has 2 aromatic rings. The molecule has 0 bridgehead atoms. The molecule has 4 heteroatoms. The zero-order valence-electron chi connectivity index (χ0n) is 12.7. The summed E-state index contributed by atoms with van der Waals surface area (Å²) in [6.45, 7) is 0. The summed E-state index contributed by atoms with van der Waals surface area (Å²) in [5.41, 5.74) is 1.10. The van der Waals surface area contributed by atoms with Crippen LogP contribution >= 0.6 is 22.6 Å². The fourth-order valence-electron chi connectivity index (χ4n) is 1.96. The van der Waals surface area contributed by atoms with Crippen molar-refractivity contribution >= 4 is 48.1 Å². The van der Waals surface area contributed by atoms with Gasteiger partial charge in [-0.2, -0.15) is 0 Å². The van der Waals surface area contributed by atoms with E-state index in [0.29, 0.717) is 15.0 Å². The number of ether oxygens (including phenoxy) is 2. The summed E-state index contributed by atoms with van der Waals surface area (Å²) in [5, 5.41) is 1.21. The molecule has 2 aromatic carbocycles. The molecule has 0 unspecified atom stereocenters. The van der Waals surface area contributed by atoms with E-state index >= 15 is 0 Å². The van der Waals surface area contributed by atoms with Crippen LogP contribution in [-0.2, 0) is 0 Å². The van der Waals surface area contributed by atoms with Crippen molar-refractivity contribution in [2.45, 2.75) is 11.7 Å². The SMILES string of the molecule is COc1ccc(/C=C(\I)CC[Se]c2ccccc2)c(OC)c1. The molecule has 116 valence electrons. The second-order valence-corrected chi connectivity index (χ2v) is 8.45. The van der Waals surface area contributed by atoms with Crippen LogP contribution in [-0.4, -0.2) is 29.2 Å².